The lowest BCUT2D eigenvalue weighted by molar-refractivity contribution is -0.346. The molecule has 2 aliphatic heterocycles. The maximum Gasteiger partial charge on any atom is 0.306 e. The molecule has 0 amide bonds. The van der Waals surface area contributed by atoms with Gasteiger partial charge in [-0.3, -0.25) is 14.8 Å². The molecule has 2 fully saturated rings. The largest absolute Gasteiger partial charge is 0.462 e. The number of hydrogen-bond donors (Lipinski definition) is 7. The first-order valence-corrected chi connectivity index (χ1v) is 26.8. The van der Waals surface area contributed by atoms with Gasteiger partial charge in [-0.15, -0.1) is 0 Å². The van der Waals surface area contributed by atoms with Crippen molar-refractivity contribution in [3.63, 3.8) is 0 Å². The van der Waals surface area contributed by atoms with E-state index in [2.05, 4.69) is 18.7 Å². The predicted molar refractivity (Wildman–Crippen MR) is 254 cm³/mol. The molecule has 16 heteroatoms. The first-order valence-electron chi connectivity index (χ1n) is 26.8. The van der Waals surface area contributed by atoms with Crippen molar-refractivity contribution < 1.29 is 78.8 Å². The number of carbonyl (C=O) groups is 2. The van der Waals surface area contributed by atoms with Crippen LogP contribution in [0.1, 0.15) is 219 Å². The van der Waals surface area contributed by atoms with E-state index in [-0.39, 0.29) is 26.1 Å². The van der Waals surface area contributed by atoms with E-state index in [4.69, 9.17) is 33.7 Å². The Morgan fingerprint density at radius 1 is 0.418 bits per heavy atom. The molecule has 0 aromatic heterocycles. The summed E-state index contributed by atoms with van der Waals surface area (Å²) in [5.41, 5.74) is 0. The van der Waals surface area contributed by atoms with Gasteiger partial charge in [0.25, 0.3) is 0 Å². The molecule has 2 rings (SSSR count). The zero-order valence-corrected chi connectivity index (χ0v) is 41.6. The number of unbranched alkanes of at least 4 members (excludes halogenated alkanes) is 28. The first-order chi connectivity index (χ1) is 32.5. The van der Waals surface area contributed by atoms with Crippen LogP contribution in [0.4, 0.5) is 0 Å². The van der Waals surface area contributed by atoms with Crippen molar-refractivity contribution in [2.45, 2.75) is 287 Å². The van der Waals surface area contributed by atoms with Gasteiger partial charge in [0.05, 0.1) is 13.2 Å². The van der Waals surface area contributed by atoms with E-state index in [9.17, 15) is 40.2 Å². The Morgan fingerprint density at radius 3 is 1.15 bits per heavy atom. The Labute approximate surface area is 403 Å². The fraction of sp³-hybridized carbons (Fsp3) is 0.961. The van der Waals surface area contributed by atoms with Crippen LogP contribution in [0.3, 0.4) is 0 Å². The van der Waals surface area contributed by atoms with Gasteiger partial charge in [0.2, 0.25) is 0 Å². The van der Waals surface area contributed by atoms with Crippen LogP contribution in [0, 0.1) is 0 Å². The minimum Gasteiger partial charge on any atom is -0.462 e. The third-order valence-corrected chi connectivity index (χ3v) is 13.1. The van der Waals surface area contributed by atoms with E-state index in [1.54, 1.807) is 0 Å². The minimum absolute atomic E-state index is 0.167. The predicted octanol–water partition coefficient (Wildman–Crippen LogP) is 8.10. The van der Waals surface area contributed by atoms with Crippen LogP contribution in [0.2, 0.25) is 0 Å². The van der Waals surface area contributed by atoms with Crippen molar-refractivity contribution in [2.75, 3.05) is 26.4 Å². The first kappa shape index (κ1) is 61.6. The number of rotatable bonds is 43. The molecule has 0 aliphatic carbocycles. The van der Waals surface area contributed by atoms with Gasteiger partial charge in [-0.2, -0.15) is 0 Å². The number of aliphatic hydroxyl groups excluding tert-OH is 6. The molecule has 7 N–H and O–H groups in total. The van der Waals surface area contributed by atoms with E-state index in [0.29, 0.717) is 12.8 Å². The second-order valence-electron chi connectivity index (χ2n) is 19.2. The molecular weight excluding hydrogens is 869 g/mol. The van der Waals surface area contributed by atoms with Crippen LogP contribution in [0.25, 0.3) is 0 Å². The van der Waals surface area contributed by atoms with E-state index in [1.807, 2.05) is 0 Å². The average Bonchev–Trinajstić information content (AvgIpc) is 3.32. The van der Waals surface area contributed by atoms with Gasteiger partial charge in [-0.1, -0.05) is 194 Å². The summed E-state index contributed by atoms with van der Waals surface area (Å²) < 4.78 is 33.7. The van der Waals surface area contributed by atoms with E-state index in [1.165, 1.54) is 141 Å². The monoisotopic (exact) mass is 965 g/mol. The highest BCUT2D eigenvalue weighted by molar-refractivity contribution is 5.70. The lowest BCUT2D eigenvalue weighted by Gasteiger charge is -2.42. The summed E-state index contributed by atoms with van der Waals surface area (Å²) in [4.78, 5) is 29.8. The minimum atomic E-state index is -1.77. The Balaban J connectivity index is 1.80. The second kappa shape index (κ2) is 40.1. The van der Waals surface area contributed by atoms with Crippen LogP contribution in [-0.2, 0) is 42.9 Å². The smallest absolute Gasteiger partial charge is 0.306 e. The Bertz CT molecular complexity index is 1180. The molecule has 0 aromatic carbocycles. The number of aliphatic hydroxyl groups is 6. The normalized spacial score (nSPS) is 25.9. The van der Waals surface area contributed by atoms with E-state index >= 15 is 0 Å². The Hall–Kier alpha value is -1.54. The number of ether oxygens (including phenoxy) is 6. The maximum atomic E-state index is 13.0. The molecule has 2 aliphatic rings. The van der Waals surface area contributed by atoms with Crippen LogP contribution in [0.15, 0.2) is 0 Å². The van der Waals surface area contributed by atoms with Crippen molar-refractivity contribution in [2.24, 2.45) is 0 Å². The molecule has 0 aromatic rings. The summed E-state index contributed by atoms with van der Waals surface area (Å²) in [6, 6.07) is 0. The molecule has 2 heterocycles. The van der Waals surface area contributed by atoms with Crippen molar-refractivity contribution in [1.29, 1.82) is 0 Å². The molecule has 396 valence electrons. The summed E-state index contributed by atoms with van der Waals surface area (Å²) in [5.74, 6) is -0.919. The highest BCUT2D eigenvalue weighted by atomic mass is 17.1. The molecule has 0 unspecified atom stereocenters. The van der Waals surface area contributed by atoms with E-state index in [0.717, 1.165) is 38.5 Å². The molecule has 0 radical (unpaired) electrons. The molecular formula is C51H96O16. The van der Waals surface area contributed by atoms with Gasteiger partial charge in [-0.25, -0.2) is 4.89 Å². The molecule has 16 nitrogen and oxygen atoms in total. The molecule has 0 spiro atoms. The topological polar surface area (TPSA) is 240 Å². The summed E-state index contributed by atoms with van der Waals surface area (Å²) in [6.07, 6.45) is 19.5. The highest BCUT2D eigenvalue weighted by Crippen LogP contribution is 2.27. The summed E-state index contributed by atoms with van der Waals surface area (Å²) in [5, 5.41) is 71.7. The van der Waals surface area contributed by atoms with Crippen molar-refractivity contribution >= 4 is 11.9 Å². The zero-order chi connectivity index (χ0) is 48.9. The number of carbonyl (C=O) groups excluding carboxylic acids is 2. The average molecular weight is 965 g/mol. The van der Waals surface area contributed by atoms with Gasteiger partial charge >= 0.3 is 11.9 Å². The second-order valence-corrected chi connectivity index (χ2v) is 19.2. The SMILES string of the molecule is CCCCCCCCCCCCCCCCCC(=O)OC[C@H](CO[C@@H]1O[C@H](CO[C@H]2O[C@H](COO)[C@H](O)[C@H](O)[C@H]2O)[C@H](O)[C@H](O)[C@H]1O)OC(=O)CCCCCCCCCCCCCCCCC. The van der Waals surface area contributed by atoms with Gasteiger partial charge in [0, 0.05) is 12.8 Å². The lowest BCUT2D eigenvalue weighted by atomic mass is 9.98. The molecule has 2 saturated heterocycles. The summed E-state index contributed by atoms with van der Waals surface area (Å²) in [7, 11) is 0. The third kappa shape index (κ3) is 28.2. The zero-order valence-electron chi connectivity index (χ0n) is 41.6. The third-order valence-electron chi connectivity index (χ3n) is 13.1. The Morgan fingerprint density at radius 2 is 0.761 bits per heavy atom. The van der Waals surface area contributed by atoms with Crippen LogP contribution in [0.5, 0.6) is 0 Å². The van der Waals surface area contributed by atoms with Gasteiger partial charge in [0.1, 0.15) is 62.0 Å². The van der Waals surface area contributed by atoms with Crippen molar-refractivity contribution in [1.82, 2.24) is 0 Å². The maximum absolute atomic E-state index is 13.0. The van der Waals surface area contributed by atoms with Crippen LogP contribution < -0.4 is 0 Å². The number of hydrogen-bond acceptors (Lipinski definition) is 16. The molecule has 0 bridgehead atoms. The van der Waals surface area contributed by atoms with Gasteiger partial charge < -0.3 is 59.1 Å². The van der Waals surface area contributed by atoms with Crippen molar-refractivity contribution in [3.8, 4) is 0 Å². The molecule has 67 heavy (non-hydrogen) atoms. The molecule has 0 saturated carbocycles. The van der Waals surface area contributed by atoms with Gasteiger partial charge in [-0.05, 0) is 12.8 Å². The summed E-state index contributed by atoms with van der Waals surface area (Å²) in [6.45, 7) is 2.72. The fourth-order valence-corrected chi connectivity index (χ4v) is 8.75. The van der Waals surface area contributed by atoms with E-state index < -0.39 is 92.7 Å². The summed E-state index contributed by atoms with van der Waals surface area (Å²) >= 11 is 0. The number of esters is 2. The van der Waals surface area contributed by atoms with Crippen LogP contribution >= 0.6 is 0 Å². The van der Waals surface area contributed by atoms with Gasteiger partial charge in [0.15, 0.2) is 18.7 Å². The highest BCUT2D eigenvalue weighted by Gasteiger charge is 2.48. The fourth-order valence-electron chi connectivity index (χ4n) is 8.75. The lowest BCUT2D eigenvalue weighted by Crippen LogP contribution is -2.62. The molecule has 11 atom stereocenters. The quantitative estimate of drug-likeness (QED) is 0.0132. The van der Waals surface area contributed by atoms with Crippen molar-refractivity contribution in [3.05, 3.63) is 0 Å². The Kier molecular flexibility index (Phi) is 36.9. The van der Waals surface area contributed by atoms with Crippen LogP contribution in [-0.4, -0.2) is 142 Å². The standard InChI is InChI=1S/C51H96O16/c1-3-5-7-9-11-13-15-17-19-21-23-25-27-29-31-33-42(52)61-35-39(65-43(53)34-32-30-28-26-24-22-20-18-16-14-12-10-8-6-4-2)36-62-50-48(58)46(56)44(54)40(66-50)37-63-51-49(59)47(57)45(55)41(67-51)38-64-60/h39-41,44-51,54-60H,3-38H2,1-2H3/t39-,40-,41-,44+,45+,46+,47+,48-,49-,50-,51+/m1/s1.